The molecule has 1 aromatic heterocycles. The van der Waals surface area contributed by atoms with Crippen LogP contribution in [0.5, 0.6) is 0 Å². The molecule has 0 radical (unpaired) electrons. The molecule has 7 heteroatoms. The van der Waals surface area contributed by atoms with Gasteiger partial charge in [0, 0.05) is 30.5 Å². The highest BCUT2D eigenvalue weighted by Crippen LogP contribution is 2.15. The van der Waals surface area contributed by atoms with Gasteiger partial charge in [0.25, 0.3) is 0 Å². The predicted octanol–water partition coefficient (Wildman–Crippen LogP) is 4.15. The van der Waals surface area contributed by atoms with Gasteiger partial charge in [-0.2, -0.15) is 0 Å². The molecule has 1 heterocycles. The Morgan fingerprint density at radius 1 is 1.03 bits per heavy atom. The zero-order chi connectivity index (χ0) is 22.2. The van der Waals surface area contributed by atoms with Crippen molar-refractivity contribution in [2.45, 2.75) is 32.5 Å². The normalized spacial score (nSPS) is 11.6. The first-order valence-corrected chi connectivity index (χ1v) is 10.2. The summed E-state index contributed by atoms with van der Waals surface area (Å²) < 4.78 is 13.3. The number of carbonyl (C=O) groups is 2. The largest absolute Gasteiger partial charge is 0.350 e. The summed E-state index contributed by atoms with van der Waals surface area (Å²) >= 11 is 5.92. The van der Waals surface area contributed by atoms with Gasteiger partial charge in [0.15, 0.2) is 0 Å². The van der Waals surface area contributed by atoms with E-state index in [2.05, 4.69) is 10.3 Å². The van der Waals surface area contributed by atoms with Crippen LogP contribution in [-0.2, 0) is 29.1 Å². The third kappa shape index (κ3) is 6.62. The lowest BCUT2D eigenvalue weighted by molar-refractivity contribution is -0.140. The smallest absolute Gasteiger partial charge is 0.242 e. The molecule has 0 bridgehead atoms. The van der Waals surface area contributed by atoms with Crippen LogP contribution in [0.4, 0.5) is 4.39 Å². The highest BCUT2D eigenvalue weighted by atomic mass is 35.5. The number of pyridine rings is 1. The van der Waals surface area contributed by atoms with Gasteiger partial charge in [0.05, 0.1) is 6.42 Å². The molecule has 0 spiro atoms. The molecule has 5 nitrogen and oxygen atoms in total. The highest BCUT2D eigenvalue weighted by molar-refractivity contribution is 6.30. The lowest BCUT2D eigenvalue weighted by Gasteiger charge is -2.29. The van der Waals surface area contributed by atoms with Crippen molar-refractivity contribution in [3.05, 3.63) is 101 Å². The number of amides is 2. The Labute approximate surface area is 185 Å². The van der Waals surface area contributed by atoms with Gasteiger partial charge in [-0.3, -0.25) is 14.6 Å². The maximum Gasteiger partial charge on any atom is 0.242 e. The van der Waals surface area contributed by atoms with Crippen LogP contribution < -0.4 is 5.32 Å². The molecular weight excluding hydrogens is 417 g/mol. The maximum atomic E-state index is 13.3. The van der Waals surface area contributed by atoms with E-state index in [1.807, 2.05) is 6.07 Å². The van der Waals surface area contributed by atoms with E-state index in [1.165, 1.54) is 17.0 Å². The van der Waals surface area contributed by atoms with Crippen LogP contribution in [0.2, 0.25) is 5.02 Å². The Balaban J connectivity index is 1.74. The molecule has 0 saturated carbocycles. The molecule has 3 aromatic rings. The maximum absolute atomic E-state index is 13.3. The van der Waals surface area contributed by atoms with E-state index in [9.17, 15) is 14.0 Å². The zero-order valence-electron chi connectivity index (χ0n) is 17.1. The van der Waals surface area contributed by atoms with E-state index < -0.39 is 6.04 Å². The van der Waals surface area contributed by atoms with Gasteiger partial charge >= 0.3 is 0 Å². The standard InChI is InChI=1S/C24H23ClFN3O2/c1-17(24(31)28-15-20-3-2-12-27-14-20)29(16-19-6-10-22(26)11-7-19)23(30)13-18-4-8-21(25)9-5-18/h2-12,14,17H,13,15-16H2,1H3,(H,28,31). The molecule has 3 rings (SSSR count). The van der Waals surface area contributed by atoms with Crippen molar-refractivity contribution in [3.8, 4) is 0 Å². The molecule has 2 aromatic carbocycles. The number of rotatable bonds is 8. The predicted molar refractivity (Wildman–Crippen MR) is 118 cm³/mol. The number of hydrogen-bond acceptors (Lipinski definition) is 3. The molecule has 0 aliphatic carbocycles. The lowest BCUT2D eigenvalue weighted by atomic mass is 10.1. The number of nitrogens with one attached hydrogen (secondary N) is 1. The van der Waals surface area contributed by atoms with Crippen LogP contribution in [0.15, 0.2) is 73.1 Å². The third-order valence-electron chi connectivity index (χ3n) is 4.89. The molecular formula is C24H23ClFN3O2. The van der Waals surface area contributed by atoms with Crippen LogP contribution in [0.25, 0.3) is 0 Å². The van der Waals surface area contributed by atoms with E-state index in [4.69, 9.17) is 11.6 Å². The van der Waals surface area contributed by atoms with Crippen molar-refractivity contribution in [2.75, 3.05) is 0 Å². The molecule has 0 saturated heterocycles. The van der Waals surface area contributed by atoms with Gasteiger partial charge in [0.1, 0.15) is 11.9 Å². The fourth-order valence-corrected chi connectivity index (χ4v) is 3.21. The van der Waals surface area contributed by atoms with Crippen molar-refractivity contribution < 1.29 is 14.0 Å². The Kier molecular flexibility index (Phi) is 7.73. The van der Waals surface area contributed by atoms with Crippen LogP contribution in [0, 0.1) is 5.82 Å². The van der Waals surface area contributed by atoms with E-state index in [0.717, 1.165) is 16.7 Å². The molecule has 160 valence electrons. The van der Waals surface area contributed by atoms with Crippen molar-refractivity contribution >= 4 is 23.4 Å². The highest BCUT2D eigenvalue weighted by Gasteiger charge is 2.26. The first kappa shape index (κ1) is 22.4. The van der Waals surface area contributed by atoms with Crippen molar-refractivity contribution in [2.24, 2.45) is 0 Å². The van der Waals surface area contributed by atoms with Crippen LogP contribution in [-0.4, -0.2) is 27.7 Å². The van der Waals surface area contributed by atoms with Crippen LogP contribution in [0.3, 0.4) is 0 Å². The van der Waals surface area contributed by atoms with Gasteiger partial charge in [-0.25, -0.2) is 4.39 Å². The summed E-state index contributed by atoms with van der Waals surface area (Å²) in [6.07, 6.45) is 3.46. The van der Waals surface area contributed by atoms with E-state index in [-0.39, 0.29) is 30.6 Å². The lowest BCUT2D eigenvalue weighted by Crippen LogP contribution is -2.48. The number of carbonyl (C=O) groups excluding carboxylic acids is 2. The van der Waals surface area contributed by atoms with Crippen molar-refractivity contribution in [1.29, 1.82) is 0 Å². The Morgan fingerprint density at radius 3 is 2.35 bits per heavy atom. The summed E-state index contributed by atoms with van der Waals surface area (Å²) in [5.41, 5.74) is 2.39. The fraction of sp³-hybridized carbons (Fsp3) is 0.208. The molecule has 1 unspecified atom stereocenters. The van der Waals surface area contributed by atoms with Crippen LogP contribution in [0.1, 0.15) is 23.6 Å². The van der Waals surface area contributed by atoms with Gasteiger partial charge in [-0.05, 0) is 53.9 Å². The minimum atomic E-state index is -0.721. The molecule has 31 heavy (non-hydrogen) atoms. The van der Waals surface area contributed by atoms with Gasteiger partial charge in [0.2, 0.25) is 11.8 Å². The molecule has 1 atom stereocenters. The first-order valence-electron chi connectivity index (χ1n) is 9.87. The topological polar surface area (TPSA) is 62.3 Å². The number of nitrogens with zero attached hydrogens (tertiary/aromatic N) is 2. The summed E-state index contributed by atoms with van der Waals surface area (Å²) in [4.78, 5) is 31.5. The second-order valence-corrected chi connectivity index (χ2v) is 7.64. The van der Waals surface area contributed by atoms with E-state index >= 15 is 0 Å². The van der Waals surface area contributed by atoms with E-state index in [1.54, 1.807) is 61.8 Å². The van der Waals surface area contributed by atoms with Crippen molar-refractivity contribution in [1.82, 2.24) is 15.2 Å². The second-order valence-electron chi connectivity index (χ2n) is 7.21. The number of hydrogen-bond donors (Lipinski definition) is 1. The summed E-state index contributed by atoms with van der Waals surface area (Å²) in [5.74, 6) is -0.851. The molecule has 0 fully saturated rings. The third-order valence-corrected chi connectivity index (χ3v) is 5.14. The quantitative estimate of drug-likeness (QED) is 0.573. The number of aromatic nitrogens is 1. The summed E-state index contributed by atoms with van der Waals surface area (Å²) in [5, 5.41) is 3.44. The number of halogens is 2. The zero-order valence-corrected chi connectivity index (χ0v) is 17.8. The number of benzene rings is 2. The average molecular weight is 440 g/mol. The second kappa shape index (κ2) is 10.7. The minimum Gasteiger partial charge on any atom is -0.350 e. The van der Waals surface area contributed by atoms with Crippen LogP contribution >= 0.6 is 11.6 Å². The summed E-state index contributed by atoms with van der Waals surface area (Å²) in [6.45, 7) is 2.18. The molecule has 0 aliphatic rings. The molecule has 1 N–H and O–H groups in total. The van der Waals surface area contributed by atoms with Gasteiger partial charge in [-0.15, -0.1) is 0 Å². The van der Waals surface area contributed by atoms with Gasteiger partial charge in [-0.1, -0.05) is 41.9 Å². The first-order chi connectivity index (χ1) is 14.9. The van der Waals surface area contributed by atoms with Gasteiger partial charge < -0.3 is 10.2 Å². The Bertz CT molecular complexity index is 1010. The Morgan fingerprint density at radius 2 is 1.71 bits per heavy atom. The minimum absolute atomic E-state index is 0.124. The summed E-state index contributed by atoms with van der Waals surface area (Å²) in [7, 11) is 0. The van der Waals surface area contributed by atoms with Crippen molar-refractivity contribution in [3.63, 3.8) is 0 Å². The fourth-order valence-electron chi connectivity index (χ4n) is 3.09. The SMILES string of the molecule is CC(C(=O)NCc1cccnc1)N(Cc1ccc(F)cc1)C(=O)Cc1ccc(Cl)cc1. The summed E-state index contributed by atoms with van der Waals surface area (Å²) in [6, 6.07) is 15.8. The van der Waals surface area contributed by atoms with E-state index in [0.29, 0.717) is 11.6 Å². The average Bonchev–Trinajstić information content (AvgIpc) is 2.78. The monoisotopic (exact) mass is 439 g/mol. The molecule has 0 aliphatic heterocycles. The molecule has 2 amide bonds. The Hall–Kier alpha value is -3.25.